The third-order valence-corrected chi connectivity index (χ3v) is 2.82. The number of nitrogens with zero attached hydrogens (tertiary/aromatic N) is 3. The van der Waals surface area contributed by atoms with Crippen LogP contribution in [0.2, 0.25) is 0 Å². The molecule has 0 spiro atoms. The summed E-state index contributed by atoms with van der Waals surface area (Å²) in [5, 5.41) is 7.50. The molecule has 0 radical (unpaired) electrons. The maximum Gasteiger partial charge on any atom is 0.136 e. The van der Waals surface area contributed by atoms with Crippen LogP contribution in [-0.2, 0) is 13.6 Å². The molecule has 0 unspecified atom stereocenters. The number of aryl methyl sites for hydroxylation is 2. The third-order valence-electron chi connectivity index (χ3n) is 2.61. The van der Waals surface area contributed by atoms with Crippen LogP contribution in [0.5, 0.6) is 0 Å². The van der Waals surface area contributed by atoms with Crippen LogP contribution in [0.1, 0.15) is 16.8 Å². The minimum Gasteiger partial charge on any atom is -0.389 e. The van der Waals surface area contributed by atoms with Crippen LogP contribution >= 0.6 is 12.2 Å². The van der Waals surface area contributed by atoms with Gasteiger partial charge in [0.2, 0.25) is 0 Å². The van der Waals surface area contributed by atoms with Crippen molar-refractivity contribution in [2.45, 2.75) is 13.5 Å². The maximum atomic E-state index is 5.72. The van der Waals surface area contributed by atoms with Crippen molar-refractivity contribution in [3.8, 4) is 0 Å². The molecule has 2 heterocycles. The standard InChI is InChI=1S/C12H15N5S/c1-8-3-5-14-12(10(8)11(13)18)15-7-9-4-6-17(2)16-9/h3-6H,7H2,1-2H3,(H2,13,18)(H,14,15). The molecule has 0 saturated heterocycles. The topological polar surface area (TPSA) is 68.8 Å². The zero-order valence-electron chi connectivity index (χ0n) is 10.3. The van der Waals surface area contributed by atoms with E-state index >= 15 is 0 Å². The van der Waals surface area contributed by atoms with Gasteiger partial charge in [-0.2, -0.15) is 5.10 Å². The Bertz CT molecular complexity index is 576. The number of aromatic nitrogens is 3. The first-order chi connectivity index (χ1) is 8.58. The monoisotopic (exact) mass is 261 g/mol. The summed E-state index contributed by atoms with van der Waals surface area (Å²) in [4.78, 5) is 4.62. The van der Waals surface area contributed by atoms with E-state index in [1.807, 2.05) is 32.3 Å². The highest BCUT2D eigenvalue weighted by Gasteiger charge is 2.09. The van der Waals surface area contributed by atoms with Crippen LogP contribution in [0.25, 0.3) is 0 Å². The van der Waals surface area contributed by atoms with Crippen LogP contribution in [-0.4, -0.2) is 19.8 Å². The number of rotatable bonds is 4. The summed E-state index contributed by atoms with van der Waals surface area (Å²) in [5.41, 5.74) is 8.47. The molecule has 0 aliphatic rings. The van der Waals surface area contributed by atoms with Crippen molar-refractivity contribution in [2.75, 3.05) is 5.32 Å². The van der Waals surface area contributed by atoms with E-state index in [1.54, 1.807) is 10.9 Å². The fourth-order valence-corrected chi connectivity index (χ4v) is 1.99. The summed E-state index contributed by atoms with van der Waals surface area (Å²) in [7, 11) is 1.88. The maximum absolute atomic E-state index is 5.72. The average Bonchev–Trinajstić information content (AvgIpc) is 2.72. The van der Waals surface area contributed by atoms with Gasteiger partial charge in [-0.25, -0.2) is 4.98 Å². The minimum atomic E-state index is 0.351. The fourth-order valence-electron chi connectivity index (χ4n) is 1.74. The van der Waals surface area contributed by atoms with Gasteiger partial charge in [0, 0.05) is 19.4 Å². The van der Waals surface area contributed by atoms with Crippen molar-refractivity contribution < 1.29 is 0 Å². The molecular formula is C12H15N5S. The Balaban J connectivity index is 2.19. The van der Waals surface area contributed by atoms with E-state index in [-0.39, 0.29) is 0 Å². The Morgan fingerprint density at radius 3 is 2.89 bits per heavy atom. The van der Waals surface area contributed by atoms with Crippen molar-refractivity contribution >= 4 is 23.0 Å². The van der Waals surface area contributed by atoms with Crippen molar-refractivity contribution in [3.63, 3.8) is 0 Å². The van der Waals surface area contributed by atoms with Crippen LogP contribution in [0.3, 0.4) is 0 Å². The van der Waals surface area contributed by atoms with Crippen molar-refractivity contribution in [1.29, 1.82) is 0 Å². The predicted octanol–water partition coefficient (Wildman–Crippen LogP) is 1.37. The minimum absolute atomic E-state index is 0.351. The molecule has 0 atom stereocenters. The normalized spacial score (nSPS) is 10.3. The van der Waals surface area contributed by atoms with E-state index < -0.39 is 0 Å². The van der Waals surface area contributed by atoms with Gasteiger partial charge in [0.05, 0.1) is 17.8 Å². The van der Waals surface area contributed by atoms with E-state index in [0.29, 0.717) is 17.4 Å². The second-order valence-electron chi connectivity index (χ2n) is 4.05. The highest BCUT2D eigenvalue weighted by Crippen LogP contribution is 2.17. The van der Waals surface area contributed by atoms with Gasteiger partial charge in [0.15, 0.2) is 0 Å². The molecule has 0 aliphatic carbocycles. The molecule has 3 N–H and O–H groups in total. The Hall–Kier alpha value is -1.95. The molecule has 0 fully saturated rings. The largest absolute Gasteiger partial charge is 0.389 e. The number of nitrogens with two attached hydrogens (primary N) is 1. The summed E-state index contributed by atoms with van der Waals surface area (Å²) in [5.74, 6) is 0.702. The van der Waals surface area contributed by atoms with Gasteiger partial charge in [-0.1, -0.05) is 12.2 Å². The lowest BCUT2D eigenvalue weighted by Gasteiger charge is -2.11. The zero-order valence-corrected chi connectivity index (χ0v) is 11.2. The lowest BCUT2D eigenvalue weighted by atomic mass is 10.1. The molecule has 0 saturated carbocycles. The molecule has 0 bridgehead atoms. The lowest BCUT2D eigenvalue weighted by molar-refractivity contribution is 0.747. The second-order valence-corrected chi connectivity index (χ2v) is 4.49. The highest BCUT2D eigenvalue weighted by atomic mass is 32.1. The number of thiocarbonyl (C=S) groups is 1. The number of hydrogen-bond acceptors (Lipinski definition) is 4. The summed E-state index contributed by atoms with van der Waals surface area (Å²) >= 11 is 5.05. The van der Waals surface area contributed by atoms with Crippen LogP contribution in [0, 0.1) is 6.92 Å². The quantitative estimate of drug-likeness (QED) is 0.814. The van der Waals surface area contributed by atoms with Crippen LogP contribution in [0.4, 0.5) is 5.82 Å². The molecule has 0 amide bonds. The summed E-state index contributed by atoms with van der Waals surface area (Å²) < 4.78 is 1.76. The molecule has 2 aromatic rings. The molecule has 2 rings (SSSR count). The van der Waals surface area contributed by atoms with Crippen LogP contribution in [0.15, 0.2) is 24.5 Å². The van der Waals surface area contributed by atoms with Gasteiger partial charge in [0.1, 0.15) is 10.8 Å². The first-order valence-corrected chi connectivity index (χ1v) is 5.96. The third kappa shape index (κ3) is 2.65. The fraction of sp³-hybridized carbons (Fsp3) is 0.250. The number of pyridine rings is 1. The predicted molar refractivity (Wildman–Crippen MR) is 75.4 cm³/mol. The van der Waals surface area contributed by atoms with Crippen LogP contribution < -0.4 is 11.1 Å². The Kier molecular flexibility index (Phi) is 3.57. The number of nitrogens with one attached hydrogen (secondary N) is 1. The van der Waals surface area contributed by atoms with Crippen molar-refractivity contribution in [1.82, 2.24) is 14.8 Å². The molecule has 0 aromatic carbocycles. The molecule has 2 aromatic heterocycles. The Morgan fingerprint density at radius 2 is 2.28 bits per heavy atom. The Morgan fingerprint density at radius 1 is 1.50 bits per heavy atom. The smallest absolute Gasteiger partial charge is 0.136 e. The zero-order chi connectivity index (χ0) is 13.1. The molecule has 5 nitrogen and oxygen atoms in total. The molecule has 6 heteroatoms. The Labute approximate surface area is 111 Å². The van der Waals surface area contributed by atoms with Gasteiger partial charge in [-0.15, -0.1) is 0 Å². The summed E-state index contributed by atoms with van der Waals surface area (Å²) in [6, 6.07) is 3.84. The summed E-state index contributed by atoms with van der Waals surface area (Å²) in [6.07, 6.45) is 3.63. The van der Waals surface area contributed by atoms with Gasteiger partial charge < -0.3 is 11.1 Å². The number of hydrogen-bond donors (Lipinski definition) is 2. The van der Waals surface area contributed by atoms with E-state index in [9.17, 15) is 0 Å². The molecular weight excluding hydrogens is 246 g/mol. The van der Waals surface area contributed by atoms with E-state index in [4.69, 9.17) is 18.0 Å². The van der Waals surface area contributed by atoms with Gasteiger partial charge >= 0.3 is 0 Å². The lowest BCUT2D eigenvalue weighted by Crippen LogP contribution is -2.16. The SMILES string of the molecule is Cc1ccnc(NCc2ccn(C)n2)c1C(N)=S. The van der Waals surface area contributed by atoms with Gasteiger partial charge in [-0.05, 0) is 24.6 Å². The van der Waals surface area contributed by atoms with Crippen molar-refractivity contribution in [3.05, 3.63) is 41.3 Å². The summed E-state index contributed by atoms with van der Waals surface area (Å²) in [6.45, 7) is 2.55. The van der Waals surface area contributed by atoms with Gasteiger partial charge in [0.25, 0.3) is 0 Å². The average molecular weight is 261 g/mol. The first kappa shape index (κ1) is 12.5. The molecule has 0 aliphatic heterocycles. The second kappa shape index (κ2) is 5.14. The van der Waals surface area contributed by atoms with Crippen molar-refractivity contribution in [2.24, 2.45) is 12.8 Å². The van der Waals surface area contributed by atoms with E-state index in [1.165, 1.54) is 0 Å². The number of anilines is 1. The molecule has 18 heavy (non-hydrogen) atoms. The molecule has 94 valence electrons. The highest BCUT2D eigenvalue weighted by molar-refractivity contribution is 7.80. The van der Waals surface area contributed by atoms with E-state index in [2.05, 4.69) is 15.4 Å². The van der Waals surface area contributed by atoms with E-state index in [0.717, 1.165) is 16.8 Å². The van der Waals surface area contributed by atoms with Gasteiger partial charge in [-0.3, -0.25) is 4.68 Å². The first-order valence-electron chi connectivity index (χ1n) is 5.55.